The van der Waals surface area contributed by atoms with Crippen molar-refractivity contribution in [3.63, 3.8) is 0 Å². The Hall–Kier alpha value is -5.45. The maximum atomic E-state index is 10.1. The lowest BCUT2D eigenvalue weighted by Gasteiger charge is -2.08. The Kier molecular flexibility index (Phi) is 29.7. The van der Waals surface area contributed by atoms with Crippen LogP contribution in [-0.2, 0) is 9.37 Å². The van der Waals surface area contributed by atoms with Crippen molar-refractivity contribution in [2.75, 3.05) is 14.1 Å². The molecule has 7 rings (SSSR count). The molecule has 0 bridgehead atoms. The number of phenols is 1. The van der Waals surface area contributed by atoms with Gasteiger partial charge in [0.25, 0.3) is 0 Å². The number of hydrogen-bond acceptors (Lipinski definition) is 9. The number of phenolic OH excluding ortho intramolecular Hbond substituents is 1. The Bertz CT molecular complexity index is 1890. The Morgan fingerprint density at radius 3 is 1.20 bits per heavy atom. The fourth-order valence-corrected chi connectivity index (χ4v) is 5.09. The average molecular weight is 777 g/mol. The van der Waals surface area contributed by atoms with Crippen LogP contribution in [0.2, 0.25) is 0 Å². The zero-order chi connectivity index (χ0) is 42.0. The molecule has 0 aliphatic carbocycles. The summed E-state index contributed by atoms with van der Waals surface area (Å²) in [5.41, 5.74) is 2.42. The van der Waals surface area contributed by atoms with Gasteiger partial charge < -0.3 is 5.11 Å². The molecule has 0 saturated carbocycles. The van der Waals surface area contributed by atoms with E-state index in [2.05, 4.69) is 127 Å². The van der Waals surface area contributed by atoms with Crippen molar-refractivity contribution < 1.29 is 19.7 Å². The van der Waals surface area contributed by atoms with Crippen LogP contribution in [0.5, 0.6) is 5.75 Å². The molecule has 298 valence electrons. The molecule has 9 heteroatoms. The van der Waals surface area contributed by atoms with Crippen LogP contribution < -0.4 is 0 Å². The molecule has 7 aromatic carbocycles. The third-order valence-corrected chi connectivity index (χ3v) is 7.50. The summed E-state index contributed by atoms with van der Waals surface area (Å²) in [6.45, 7) is 18.0. The molecule has 0 atom stereocenters. The first kappa shape index (κ1) is 50.6. The van der Waals surface area contributed by atoms with Crippen molar-refractivity contribution in [1.29, 1.82) is 0 Å². The van der Waals surface area contributed by atoms with Crippen LogP contribution >= 0.6 is 12.0 Å². The predicted molar refractivity (Wildman–Crippen MR) is 242 cm³/mol. The number of azo groups is 2. The minimum absolute atomic E-state index is 0.00254. The van der Waals surface area contributed by atoms with Gasteiger partial charge in [-0.3, -0.25) is 0 Å². The molecule has 0 heterocycles. The van der Waals surface area contributed by atoms with Crippen LogP contribution in [0.15, 0.2) is 177 Å². The van der Waals surface area contributed by atoms with Crippen molar-refractivity contribution >= 4 is 55.7 Å². The molecule has 0 unspecified atom stereocenters. The second kappa shape index (κ2) is 32.9. The highest BCUT2D eigenvalue weighted by molar-refractivity contribution is 7.94. The summed E-state index contributed by atoms with van der Waals surface area (Å²) in [6, 6.07) is 50.4. The van der Waals surface area contributed by atoms with E-state index in [4.69, 9.17) is 5.26 Å². The third-order valence-electron chi connectivity index (χ3n) is 6.88. The van der Waals surface area contributed by atoms with Gasteiger partial charge in [0.1, 0.15) is 5.69 Å². The van der Waals surface area contributed by atoms with Gasteiger partial charge in [0.15, 0.2) is 5.75 Å². The first-order valence-corrected chi connectivity index (χ1v) is 19.7. The van der Waals surface area contributed by atoms with Gasteiger partial charge in [0.05, 0.1) is 22.6 Å². The van der Waals surface area contributed by atoms with Crippen LogP contribution in [0.3, 0.4) is 0 Å². The summed E-state index contributed by atoms with van der Waals surface area (Å²) in [7, 11) is 3.16. The van der Waals surface area contributed by atoms with Gasteiger partial charge in [-0.25, -0.2) is 5.26 Å². The summed E-state index contributed by atoms with van der Waals surface area (Å²) in [4.78, 5) is 0.478. The van der Waals surface area contributed by atoms with Gasteiger partial charge in [-0.15, -0.1) is 4.33 Å². The van der Waals surface area contributed by atoms with Gasteiger partial charge in [-0.05, 0) is 52.1 Å². The van der Waals surface area contributed by atoms with E-state index in [0.717, 1.165) is 23.1 Å². The second-order valence-corrected chi connectivity index (χ2v) is 10.9. The molecule has 0 fully saturated rings. The van der Waals surface area contributed by atoms with Crippen LogP contribution in [0, 0.1) is 6.92 Å². The number of hydrogen-bond donors (Lipinski definition) is 2. The third kappa shape index (κ3) is 18.3. The molecule has 0 aliphatic rings. The minimum Gasteiger partial charge on any atom is -0.505 e. The van der Waals surface area contributed by atoms with Crippen molar-refractivity contribution in [2.45, 2.75) is 67.2 Å². The average Bonchev–Trinajstić information content (AvgIpc) is 3.28. The van der Waals surface area contributed by atoms with E-state index in [1.54, 1.807) is 19.2 Å². The maximum absolute atomic E-state index is 10.1. The Morgan fingerprint density at radius 1 is 0.482 bits per heavy atom. The standard InChI is InChI=1S/C11H10N2O4S.2C10H8.C8H10N2.4C2H6/c1-12-13-10-9(18-17-16-15)6-7-4-2-3-5-8(7)11(10)14;2*1-2-6-10-8-4-3-7-9(10)5-1;1-7-3-5-8(6-4-7)10-9-2;4*1-2/h2-6,14-15H,1H3;2*1-8H;3-6H,1-2H3;4*1-2H3. The maximum Gasteiger partial charge on any atom is 0.152 e. The highest BCUT2D eigenvalue weighted by Gasteiger charge is 2.14. The van der Waals surface area contributed by atoms with E-state index in [1.165, 1.54) is 34.2 Å². The van der Waals surface area contributed by atoms with Gasteiger partial charge >= 0.3 is 0 Å². The van der Waals surface area contributed by atoms with Gasteiger partial charge in [-0.2, -0.15) is 20.5 Å². The van der Waals surface area contributed by atoms with Crippen molar-refractivity contribution in [1.82, 2.24) is 0 Å². The largest absolute Gasteiger partial charge is 0.505 e. The number of rotatable bonds is 5. The summed E-state index contributed by atoms with van der Waals surface area (Å²) >= 11 is 0.730. The lowest BCUT2D eigenvalue weighted by Crippen LogP contribution is -1.83. The molecule has 0 radical (unpaired) electrons. The van der Waals surface area contributed by atoms with Crippen molar-refractivity contribution in [2.24, 2.45) is 20.5 Å². The lowest BCUT2D eigenvalue weighted by atomic mass is 10.1. The van der Waals surface area contributed by atoms with Crippen molar-refractivity contribution in [3.8, 4) is 5.75 Å². The lowest BCUT2D eigenvalue weighted by molar-refractivity contribution is -0.432. The molecule has 0 spiro atoms. The molecule has 0 aliphatic heterocycles. The number of nitrogens with zero attached hydrogens (tertiary/aromatic N) is 4. The smallest absolute Gasteiger partial charge is 0.152 e. The number of aryl methyl sites for hydroxylation is 1. The number of benzene rings is 7. The van der Waals surface area contributed by atoms with Gasteiger partial charge in [0.2, 0.25) is 0 Å². The molecule has 0 aromatic heterocycles. The molecule has 8 nitrogen and oxygen atoms in total. The Labute approximate surface area is 339 Å². The highest BCUT2D eigenvalue weighted by Crippen LogP contribution is 2.43. The first-order chi connectivity index (χ1) is 27.5. The normalized spacial score (nSPS) is 9.57. The van der Waals surface area contributed by atoms with E-state index < -0.39 is 0 Å². The van der Waals surface area contributed by atoms with E-state index >= 15 is 0 Å². The quantitative estimate of drug-likeness (QED) is 0.0783. The summed E-state index contributed by atoms with van der Waals surface area (Å²) in [6.07, 6.45) is 0. The van der Waals surface area contributed by atoms with Gasteiger partial charge in [0, 0.05) is 19.5 Å². The van der Waals surface area contributed by atoms with Crippen LogP contribution in [0.1, 0.15) is 61.0 Å². The number of fused-ring (bicyclic) bond motifs is 3. The molecule has 0 amide bonds. The van der Waals surface area contributed by atoms with E-state index in [1.807, 2.05) is 105 Å². The zero-order valence-corrected chi connectivity index (χ0v) is 35.7. The molecule has 0 saturated heterocycles. The van der Waals surface area contributed by atoms with E-state index in [-0.39, 0.29) is 11.4 Å². The minimum atomic E-state index is 0.00254. The first-order valence-electron chi connectivity index (χ1n) is 19.0. The SMILES string of the molecule is CC.CC.CC.CC.CN=Nc1c(SOOO)cc2ccccc2c1O.CN=Nc1ccc(C)cc1.c1ccc2ccccc2c1.c1ccc2ccccc2c1. The highest BCUT2D eigenvalue weighted by atomic mass is 32.2. The monoisotopic (exact) mass is 776 g/mol. The summed E-state index contributed by atoms with van der Waals surface area (Å²) in [5, 5.41) is 43.6. The van der Waals surface area contributed by atoms with Crippen LogP contribution in [-0.4, -0.2) is 24.5 Å². The molecular weight excluding hydrogens is 717 g/mol. The zero-order valence-electron chi connectivity index (χ0n) is 34.8. The summed E-state index contributed by atoms with van der Waals surface area (Å²) < 4.78 is 4.37. The van der Waals surface area contributed by atoms with E-state index in [0.29, 0.717) is 10.3 Å². The Balaban J connectivity index is 0.000000698. The van der Waals surface area contributed by atoms with Gasteiger partial charge in [-0.1, -0.05) is 199 Å². The second-order valence-electron chi connectivity index (χ2n) is 10.1. The molecular formula is C47H60N4O4S. The number of aromatic hydroxyl groups is 1. The topological polar surface area (TPSA) is 108 Å². The fourth-order valence-electron chi connectivity index (χ4n) is 4.60. The molecule has 7 aromatic rings. The molecule has 56 heavy (non-hydrogen) atoms. The van der Waals surface area contributed by atoms with E-state index in [9.17, 15) is 5.11 Å². The van der Waals surface area contributed by atoms with Crippen molar-refractivity contribution in [3.05, 3.63) is 157 Å². The predicted octanol–water partition coefficient (Wildman–Crippen LogP) is 16.2. The summed E-state index contributed by atoms with van der Waals surface area (Å²) in [5.74, 6) is 0.00254. The Morgan fingerprint density at radius 2 is 0.839 bits per heavy atom. The van der Waals surface area contributed by atoms with Crippen LogP contribution in [0.25, 0.3) is 32.3 Å². The molecule has 2 N–H and O–H groups in total. The fraction of sp³-hybridized carbons (Fsp3) is 0.234. The van der Waals surface area contributed by atoms with Crippen LogP contribution in [0.4, 0.5) is 11.4 Å².